The van der Waals surface area contributed by atoms with Crippen LogP contribution in [-0.4, -0.2) is 16.0 Å². The molecule has 2 N–H and O–H groups in total. The Kier molecular flexibility index (Phi) is 4.66. The van der Waals surface area contributed by atoms with Crippen molar-refractivity contribution in [1.29, 1.82) is 0 Å². The van der Waals surface area contributed by atoms with E-state index < -0.39 is 6.03 Å². The Balaban J connectivity index is 2.03. The molecule has 2 amide bonds. The minimum Gasteiger partial charge on any atom is -0.308 e. The van der Waals surface area contributed by atoms with Crippen molar-refractivity contribution in [2.24, 2.45) is 0 Å². The molecule has 0 atom stereocenters. The lowest BCUT2D eigenvalue weighted by Crippen LogP contribution is -2.21. The lowest BCUT2D eigenvalue weighted by molar-refractivity contribution is 0.262. The molecule has 0 aliphatic rings. The van der Waals surface area contributed by atoms with Gasteiger partial charge < -0.3 is 5.32 Å². The molecule has 0 aliphatic heterocycles. The Bertz CT molecular complexity index is 657. The number of nitrogens with zero attached hydrogens (tertiary/aromatic N) is 2. The zero-order valence-corrected chi connectivity index (χ0v) is 13.8. The van der Waals surface area contributed by atoms with Gasteiger partial charge >= 0.3 is 6.03 Å². The van der Waals surface area contributed by atoms with Crippen molar-refractivity contribution >= 4 is 29.3 Å². The van der Waals surface area contributed by atoms with Crippen LogP contribution in [0, 0.1) is 6.92 Å². The molecular formula is C16H19ClN4O. The molecule has 5 nitrogen and oxygen atoms in total. The van der Waals surface area contributed by atoms with Crippen LogP contribution < -0.4 is 10.6 Å². The van der Waals surface area contributed by atoms with Crippen LogP contribution in [0.5, 0.6) is 0 Å². The Hall–Kier alpha value is -2.14. The highest BCUT2D eigenvalue weighted by atomic mass is 35.5. The van der Waals surface area contributed by atoms with E-state index in [0.717, 1.165) is 0 Å². The summed E-state index contributed by atoms with van der Waals surface area (Å²) in [6.07, 6.45) is 0. The molecule has 0 spiro atoms. The van der Waals surface area contributed by atoms with Crippen molar-refractivity contribution in [3.05, 3.63) is 46.7 Å². The Labute approximate surface area is 135 Å². The second-order valence-electron chi connectivity index (χ2n) is 6.06. The lowest BCUT2D eigenvalue weighted by atomic mass is 9.87. The van der Waals surface area contributed by atoms with E-state index in [-0.39, 0.29) is 16.5 Å². The number of hydrogen-bond acceptors (Lipinski definition) is 3. The molecule has 6 heteroatoms. The smallest absolute Gasteiger partial charge is 0.308 e. The average molecular weight is 319 g/mol. The molecule has 0 bridgehead atoms. The normalized spacial score (nSPS) is 11.1. The minimum atomic E-state index is -0.412. The topological polar surface area (TPSA) is 66.9 Å². The van der Waals surface area contributed by atoms with Crippen molar-refractivity contribution in [3.63, 3.8) is 0 Å². The van der Waals surface area contributed by atoms with Gasteiger partial charge in [0.05, 0.1) is 0 Å². The molecule has 0 saturated heterocycles. The van der Waals surface area contributed by atoms with Gasteiger partial charge in [-0.3, -0.25) is 5.32 Å². The number of anilines is 2. The maximum Gasteiger partial charge on any atom is 0.326 e. The van der Waals surface area contributed by atoms with Crippen molar-refractivity contribution in [2.45, 2.75) is 33.1 Å². The van der Waals surface area contributed by atoms with Gasteiger partial charge in [-0.1, -0.05) is 44.5 Å². The highest BCUT2D eigenvalue weighted by Crippen LogP contribution is 2.23. The standard InChI is InChI=1S/C16H19ClN4O/c1-10-9-13(17)20-14(18-10)21-15(22)19-12-7-5-11(6-8-12)16(2,3)4/h5-9H,1-4H3,(H2,18,19,20,21,22). The zero-order valence-electron chi connectivity index (χ0n) is 13.1. The molecule has 1 aromatic heterocycles. The summed E-state index contributed by atoms with van der Waals surface area (Å²) in [7, 11) is 0. The number of urea groups is 1. The number of carbonyl (C=O) groups excluding carboxylic acids is 1. The first-order valence-electron chi connectivity index (χ1n) is 6.94. The number of halogens is 1. The summed E-state index contributed by atoms with van der Waals surface area (Å²) >= 11 is 5.83. The van der Waals surface area contributed by atoms with Gasteiger partial charge in [0.15, 0.2) is 0 Å². The van der Waals surface area contributed by atoms with E-state index in [1.165, 1.54) is 5.56 Å². The van der Waals surface area contributed by atoms with Gasteiger partial charge in [0.25, 0.3) is 0 Å². The van der Waals surface area contributed by atoms with Crippen molar-refractivity contribution < 1.29 is 4.79 Å². The fourth-order valence-electron chi connectivity index (χ4n) is 1.90. The molecule has 0 unspecified atom stereocenters. The Morgan fingerprint density at radius 1 is 1.09 bits per heavy atom. The number of benzene rings is 1. The lowest BCUT2D eigenvalue weighted by Gasteiger charge is -2.19. The van der Waals surface area contributed by atoms with E-state index in [1.54, 1.807) is 13.0 Å². The quantitative estimate of drug-likeness (QED) is 0.807. The summed E-state index contributed by atoms with van der Waals surface area (Å²) in [6.45, 7) is 8.20. The van der Waals surface area contributed by atoms with Gasteiger partial charge in [-0.15, -0.1) is 0 Å². The molecule has 1 aromatic carbocycles. The molecule has 2 aromatic rings. The summed E-state index contributed by atoms with van der Waals surface area (Å²) in [6, 6.07) is 8.93. The summed E-state index contributed by atoms with van der Waals surface area (Å²) in [4.78, 5) is 20.0. The van der Waals surface area contributed by atoms with E-state index in [1.807, 2.05) is 24.3 Å². The van der Waals surface area contributed by atoms with Crippen molar-refractivity contribution in [2.75, 3.05) is 10.6 Å². The average Bonchev–Trinajstić information content (AvgIpc) is 2.36. The Morgan fingerprint density at radius 3 is 2.27 bits per heavy atom. The van der Waals surface area contributed by atoms with Crippen LogP contribution >= 0.6 is 11.6 Å². The first kappa shape index (κ1) is 16.2. The number of hydrogen-bond donors (Lipinski definition) is 2. The maximum atomic E-state index is 11.9. The van der Waals surface area contributed by atoms with Gasteiger partial charge in [-0.2, -0.15) is 0 Å². The third kappa shape index (κ3) is 4.43. The largest absolute Gasteiger partial charge is 0.326 e. The van der Waals surface area contributed by atoms with Crippen molar-refractivity contribution in [1.82, 2.24) is 9.97 Å². The Morgan fingerprint density at radius 2 is 1.73 bits per heavy atom. The molecule has 0 saturated carbocycles. The number of nitrogens with one attached hydrogen (secondary N) is 2. The predicted octanol–water partition coefficient (Wildman–Crippen LogP) is 4.38. The molecule has 22 heavy (non-hydrogen) atoms. The molecule has 0 radical (unpaired) electrons. The molecule has 0 fully saturated rings. The second kappa shape index (κ2) is 6.32. The van der Waals surface area contributed by atoms with Gasteiger partial charge in [0, 0.05) is 11.4 Å². The van der Waals surface area contributed by atoms with E-state index in [2.05, 4.69) is 41.4 Å². The zero-order chi connectivity index (χ0) is 16.3. The fourth-order valence-corrected chi connectivity index (χ4v) is 2.14. The fraction of sp³-hybridized carbons (Fsp3) is 0.312. The van der Waals surface area contributed by atoms with Crippen LogP contribution in [0.15, 0.2) is 30.3 Å². The molecule has 2 rings (SSSR count). The minimum absolute atomic E-state index is 0.0763. The van der Waals surface area contributed by atoms with E-state index in [0.29, 0.717) is 11.4 Å². The number of aromatic nitrogens is 2. The van der Waals surface area contributed by atoms with Gasteiger partial charge in [0.2, 0.25) is 5.95 Å². The first-order chi connectivity index (χ1) is 10.2. The van der Waals surface area contributed by atoms with Gasteiger partial charge in [0.1, 0.15) is 5.15 Å². The van der Waals surface area contributed by atoms with E-state index >= 15 is 0 Å². The number of amides is 2. The van der Waals surface area contributed by atoms with Crippen LogP contribution in [0.4, 0.5) is 16.4 Å². The van der Waals surface area contributed by atoms with E-state index in [4.69, 9.17) is 11.6 Å². The van der Waals surface area contributed by atoms with Crippen LogP contribution in [0.1, 0.15) is 32.0 Å². The van der Waals surface area contributed by atoms with Crippen LogP contribution in [-0.2, 0) is 5.41 Å². The monoisotopic (exact) mass is 318 g/mol. The van der Waals surface area contributed by atoms with Gasteiger partial charge in [-0.25, -0.2) is 14.8 Å². The van der Waals surface area contributed by atoms with Gasteiger partial charge in [-0.05, 0) is 36.1 Å². The SMILES string of the molecule is Cc1cc(Cl)nc(NC(=O)Nc2ccc(C(C)(C)C)cc2)n1. The van der Waals surface area contributed by atoms with Crippen LogP contribution in [0.3, 0.4) is 0 Å². The van der Waals surface area contributed by atoms with E-state index in [9.17, 15) is 4.79 Å². The summed E-state index contributed by atoms with van der Waals surface area (Å²) in [5.74, 6) is 0.175. The second-order valence-corrected chi connectivity index (χ2v) is 6.45. The number of aryl methyl sites for hydroxylation is 1. The third-order valence-electron chi connectivity index (χ3n) is 3.06. The maximum absolute atomic E-state index is 11.9. The highest BCUT2D eigenvalue weighted by molar-refractivity contribution is 6.29. The highest BCUT2D eigenvalue weighted by Gasteiger charge is 2.13. The van der Waals surface area contributed by atoms with Crippen LogP contribution in [0.25, 0.3) is 0 Å². The first-order valence-corrected chi connectivity index (χ1v) is 7.31. The molecule has 0 aliphatic carbocycles. The third-order valence-corrected chi connectivity index (χ3v) is 3.25. The molecular weight excluding hydrogens is 300 g/mol. The molecule has 1 heterocycles. The van der Waals surface area contributed by atoms with Crippen molar-refractivity contribution in [3.8, 4) is 0 Å². The summed E-state index contributed by atoms with van der Waals surface area (Å²) in [5, 5.41) is 5.58. The summed E-state index contributed by atoms with van der Waals surface area (Å²) < 4.78 is 0. The van der Waals surface area contributed by atoms with Crippen LogP contribution in [0.2, 0.25) is 5.15 Å². The number of rotatable bonds is 2. The number of carbonyl (C=O) groups is 1. The predicted molar refractivity (Wildman–Crippen MR) is 89.6 cm³/mol. The molecule has 116 valence electrons. The summed E-state index contributed by atoms with van der Waals surface area (Å²) in [5.41, 5.74) is 2.66.